The fraction of sp³-hybridized carbons (Fsp3) is 0.462. The van der Waals surface area contributed by atoms with Crippen molar-refractivity contribution in [1.29, 1.82) is 0 Å². The van der Waals surface area contributed by atoms with Gasteiger partial charge in [-0.05, 0) is 12.5 Å². The Morgan fingerprint density at radius 1 is 1.30 bits per heavy atom. The first-order chi connectivity index (χ1) is 9.40. The lowest BCUT2D eigenvalue weighted by atomic mass is 10.1. The van der Waals surface area contributed by atoms with E-state index in [9.17, 15) is 9.59 Å². The molecular weight excluding hydrogens is 260 g/mol. The van der Waals surface area contributed by atoms with Gasteiger partial charge in [-0.15, -0.1) is 0 Å². The van der Waals surface area contributed by atoms with Crippen LogP contribution in [0.15, 0.2) is 15.8 Å². The van der Waals surface area contributed by atoms with E-state index in [1.54, 1.807) is 25.2 Å². The highest BCUT2D eigenvalue weighted by molar-refractivity contribution is 5.90. The Hall–Kier alpha value is -2.15. The summed E-state index contributed by atoms with van der Waals surface area (Å²) in [6, 6.07) is 0. The highest BCUT2D eigenvalue weighted by atomic mass is 16.3. The van der Waals surface area contributed by atoms with E-state index in [1.807, 2.05) is 6.92 Å². The van der Waals surface area contributed by atoms with Gasteiger partial charge in [0, 0.05) is 33.9 Å². The molecule has 2 aromatic rings. The molecule has 2 heterocycles. The molecule has 20 heavy (non-hydrogen) atoms. The lowest BCUT2D eigenvalue weighted by molar-refractivity contribution is 0.304. The van der Waals surface area contributed by atoms with E-state index >= 15 is 0 Å². The van der Waals surface area contributed by atoms with E-state index in [1.165, 1.54) is 11.6 Å². The van der Waals surface area contributed by atoms with Gasteiger partial charge in [-0.3, -0.25) is 13.9 Å². The molecule has 2 rings (SSSR count). The molecule has 7 nitrogen and oxygen atoms in total. The second-order valence-corrected chi connectivity index (χ2v) is 4.84. The van der Waals surface area contributed by atoms with Gasteiger partial charge < -0.3 is 10.0 Å². The number of hydrogen-bond donors (Lipinski definition) is 1. The summed E-state index contributed by atoms with van der Waals surface area (Å²) < 4.78 is 2.42. The van der Waals surface area contributed by atoms with Crippen molar-refractivity contribution < 1.29 is 5.11 Å². The van der Waals surface area contributed by atoms with Crippen LogP contribution in [0.3, 0.4) is 0 Å². The summed E-state index contributed by atoms with van der Waals surface area (Å²) in [7, 11) is 4.83. The van der Waals surface area contributed by atoms with Crippen LogP contribution in [0.1, 0.15) is 5.56 Å². The van der Waals surface area contributed by atoms with Crippen LogP contribution < -0.4 is 16.1 Å². The van der Waals surface area contributed by atoms with Crippen LogP contribution in [0, 0.1) is 6.92 Å². The van der Waals surface area contributed by atoms with Crippen LogP contribution >= 0.6 is 0 Å². The molecule has 0 atom stereocenters. The largest absolute Gasteiger partial charge is 0.395 e. The van der Waals surface area contributed by atoms with Crippen LogP contribution in [0.25, 0.3) is 11.0 Å². The van der Waals surface area contributed by atoms with Crippen LogP contribution in [-0.2, 0) is 14.1 Å². The lowest BCUT2D eigenvalue weighted by Crippen LogP contribution is -2.38. The molecule has 0 unspecified atom stereocenters. The summed E-state index contributed by atoms with van der Waals surface area (Å²) in [5, 5.41) is 9.48. The smallest absolute Gasteiger partial charge is 0.332 e. The van der Waals surface area contributed by atoms with Crippen molar-refractivity contribution in [3.05, 3.63) is 32.6 Å². The molecule has 1 N–H and O–H groups in total. The molecule has 0 aliphatic rings. The SMILES string of the molecule is Cc1cnc2c(c1N(C)CCO)c(=O)n(C)c(=O)n2C. The number of nitrogens with zero attached hydrogens (tertiary/aromatic N) is 4. The molecule has 0 radical (unpaired) electrons. The number of likely N-dealkylation sites (N-methyl/N-ethyl adjacent to an activating group) is 1. The van der Waals surface area contributed by atoms with E-state index in [4.69, 9.17) is 5.11 Å². The van der Waals surface area contributed by atoms with Gasteiger partial charge >= 0.3 is 5.69 Å². The van der Waals surface area contributed by atoms with E-state index in [0.29, 0.717) is 23.3 Å². The van der Waals surface area contributed by atoms with Crippen LogP contribution in [0.4, 0.5) is 5.69 Å². The fourth-order valence-electron chi connectivity index (χ4n) is 2.36. The lowest BCUT2D eigenvalue weighted by Gasteiger charge is -2.22. The van der Waals surface area contributed by atoms with Gasteiger partial charge in [0.05, 0.1) is 12.3 Å². The Morgan fingerprint density at radius 2 is 1.95 bits per heavy atom. The Kier molecular flexibility index (Phi) is 3.63. The maximum Gasteiger partial charge on any atom is 0.332 e. The van der Waals surface area contributed by atoms with Gasteiger partial charge in [0.25, 0.3) is 5.56 Å². The van der Waals surface area contributed by atoms with Crippen LogP contribution in [0.2, 0.25) is 0 Å². The van der Waals surface area contributed by atoms with Gasteiger partial charge in [-0.25, -0.2) is 9.78 Å². The van der Waals surface area contributed by atoms with Gasteiger partial charge in [-0.1, -0.05) is 0 Å². The minimum Gasteiger partial charge on any atom is -0.395 e. The fourth-order valence-corrected chi connectivity index (χ4v) is 2.36. The van der Waals surface area contributed by atoms with Crippen molar-refractivity contribution in [3.63, 3.8) is 0 Å². The van der Waals surface area contributed by atoms with E-state index in [0.717, 1.165) is 10.1 Å². The third kappa shape index (κ3) is 2.00. The van der Waals surface area contributed by atoms with E-state index < -0.39 is 5.69 Å². The van der Waals surface area contributed by atoms with Crippen LogP contribution in [0.5, 0.6) is 0 Å². The molecule has 0 aromatic carbocycles. The van der Waals surface area contributed by atoms with Crippen molar-refractivity contribution in [1.82, 2.24) is 14.1 Å². The molecule has 0 aliphatic heterocycles. The predicted molar refractivity (Wildman–Crippen MR) is 77.3 cm³/mol. The first-order valence-corrected chi connectivity index (χ1v) is 6.27. The zero-order valence-corrected chi connectivity index (χ0v) is 12.0. The van der Waals surface area contributed by atoms with Gasteiger partial charge in [0.1, 0.15) is 5.39 Å². The Bertz CT molecular complexity index is 776. The van der Waals surface area contributed by atoms with Crippen molar-refractivity contribution in [3.8, 4) is 0 Å². The molecule has 2 aromatic heterocycles. The van der Waals surface area contributed by atoms with Crippen LogP contribution in [-0.4, -0.2) is 39.4 Å². The third-order valence-electron chi connectivity index (χ3n) is 3.44. The maximum absolute atomic E-state index is 12.4. The summed E-state index contributed by atoms with van der Waals surface area (Å²) in [5.41, 5.74) is 1.08. The maximum atomic E-state index is 12.4. The zero-order valence-electron chi connectivity index (χ0n) is 12.0. The molecule has 0 saturated heterocycles. The number of hydrogen-bond acceptors (Lipinski definition) is 5. The van der Waals surface area contributed by atoms with Crippen molar-refractivity contribution in [2.45, 2.75) is 6.92 Å². The van der Waals surface area contributed by atoms with Crippen molar-refractivity contribution >= 4 is 16.7 Å². The summed E-state index contributed by atoms with van der Waals surface area (Å²) in [4.78, 5) is 30.3. The average molecular weight is 278 g/mol. The summed E-state index contributed by atoms with van der Waals surface area (Å²) >= 11 is 0. The van der Waals surface area contributed by atoms with E-state index in [2.05, 4.69) is 4.98 Å². The second-order valence-electron chi connectivity index (χ2n) is 4.84. The minimum absolute atomic E-state index is 0.0220. The Labute approximate surface area is 115 Å². The van der Waals surface area contributed by atoms with Gasteiger partial charge in [-0.2, -0.15) is 0 Å². The monoisotopic (exact) mass is 278 g/mol. The molecule has 0 aliphatic carbocycles. The first-order valence-electron chi connectivity index (χ1n) is 6.27. The molecular formula is C13H18N4O3. The number of aromatic nitrogens is 3. The number of pyridine rings is 1. The first kappa shape index (κ1) is 14.3. The molecule has 0 fully saturated rings. The molecule has 108 valence electrons. The Morgan fingerprint density at radius 3 is 2.55 bits per heavy atom. The number of anilines is 1. The third-order valence-corrected chi connectivity index (χ3v) is 3.44. The number of aryl methyl sites for hydroxylation is 2. The summed E-state index contributed by atoms with van der Waals surface area (Å²) in [5.74, 6) is 0. The molecule has 0 spiro atoms. The number of fused-ring (bicyclic) bond motifs is 1. The van der Waals surface area contributed by atoms with Crippen molar-refractivity contribution in [2.24, 2.45) is 14.1 Å². The quantitative estimate of drug-likeness (QED) is 0.808. The second kappa shape index (κ2) is 5.09. The molecule has 0 bridgehead atoms. The summed E-state index contributed by atoms with van der Waals surface area (Å²) in [6.45, 7) is 2.22. The number of aliphatic hydroxyl groups excluding tert-OH is 1. The normalized spacial score (nSPS) is 11.1. The topological polar surface area (TPSA) is 80.4 Å². The molecule has 0 amide bonds. The van der Waals surface area contributed by atoms with Gasteiger partial charge in [0.2, 0.25) is 0 Å². The number of rotatable bonds is 3. The van der Waals surface area contributed by atoms with Crippen molar-refractivity contribution in [2.75, 3.05) is 25.1 Å². The average Bonchev–Trinajstić information content (AvgIpc) is 2.42. The highest BCUT2D eigenvalue weighted by Gasteiger charge is 2.17. The zero-order chi connectivity index (χ0) is 15.0. The highest BCUT2D eigenvalue weighted by Crippen LogP contribution is 2.24. The molecule has 7 heteroatoms. The summed E-state index contributed by atoms with van der Waals surface area (Å²) in [6.07, 6.45) is 1.63. The molecule has 0 saturated carbocycles. The Balaban J connectivity index is 2.98. The standard InChI is InChI=1S/C13H18N4O3/c1-8-7-14-11-9(10(8)15(2)5-6-18)12(19)17(4)13(20)16(11)3/h7,18H,5-6H2,1-4H3. The van der Waals surface area contributed by atoms with E-state index in [-0.39, 0.29) is 12.2 Å². The predicted octanol–water partition coefficient (Wildman–Crippen LogP) is -0.631. The number of aliphatic hydroxyl groups is 1. The minimum atomic E-state index is -0.408. The van der Waals surface area contributed by atoms with Gasteiger partial charge in [0.15, 0.2) is 5.65 Å².